The van der Waals surface area contributed by atoms with E-state index in [4.69, 9.17) is 4.74 Å². The molecule has 1 atom stereocenters. The van der Waals surface area contributed by atoms with Gasteiger partial charge in [-0.3, -0.25) is 0 Å². The van der Waals surface area contributed by atoms with Crippen molar-refractivity contribution in [2.24, 2.45) is 0 Å². The maximum Gasteiger partial charge on any atom is 0.408 e. The lowest BCUT2D eigenvalue weighted by Crippen LogP contribution is -2.34. The standard InChI is InChI=1S/C16H23NO2/c1-11(17-15(18)19-16(2,3)4)12-5-7-13(8-6-12)14-9-10-14/h5-8,11,14H,9-10H2,1-4H3,(H,17,18)/t11-/m1/s1. The average Bonchev–Trinajstić information content (AvgIpc) is 3.10. The van der Waals surface area contributed by atoms with Crippen LogP contribution in [-0.2, 0) is 4.74 Å². The van der Waals surface area contributed by atoms with Gasteiger partial charge in [0.05, 0.1) is 6.04 Å². The van der Waals surface area contributed by atoms with E-state index in [0.717, 1.165) is 11.5 Å². The van der Waals surface area contributed by atoms with E-state index in [9.17, 15) is 4.79 Å². The summed E-state index contributed by atoms with van der Waals surface area (Å²) in [4.78, 5) is 11.7. The van der Waals surface area contributed by atoms with E-state index in [1.807, 2.05) is 27.7 Å². The van der Waals surface area contributed by atoms with Crippen molar-refractivity contribution in [1.82, 2.24) is 5.32 Å². The molecule has 0 radical (unpaired) electrons. The van der Waals surface area contributed by atoms with Crippen LogP contribution in [0.25, 0.3) is 0 Å². The molecule has 0 bridgehead atoms. The summed E-state index contributed by atoms with van der Waals surface area (Å²) in [6.07, 6.45) is 2.25. The lowest BCUT2D eigenvalue weighted by atomic mass is 10.0. The Labute approximate surface area is 115 Å². The molecule has 1 fully saturated rings. The van der Waals surface area contributed by atoms with Crippen LogP contribution in [0.5, 0.6) is 0 Å². The minimum Gasteiger partial charge on any atom is -0.444 e. The summed E-state index contributed by atoms with van der Waals surface area (Å²) in [7, 11) is 0. The van der Waals surface area contributed by atoms with Gasteiger partial charge in [0.25, 0.3) is 0 Å². The van der Waals surface area contributed by atoms with Crippen molar-refractivity contribution in [3.05, 3.63) is 35.4 Å². The summed E-state index contributed by atoms with van der Waals surface area (Å²) in [5.74, 6) is 0.767. The maximum atomic E-state index is 11.7. The van der Waals surface area contributed by atoms with Crippen molar-refractivity contribution in [2.45, 2.75) is 58.1 Å². The first-order valence-corrected chi connectivity index (χ1v) is 6.94. The predicted molar refractivity (Wildman–Crippen MR) is 76.2 cm³/mol. The van der Waals surface area contributed by atoms with Crippen LogP contribution < -0.4 is 5.32 Å². The third-order valence-electron chi connectivity index (χ3n) is 3.22. The van der Waals surface area contributed by atoms with Crippen LogP contribution in [0.3, 0.4) is 0 Å². The van der Waals surface area contributed by atoms with Crippen LogP contribution in [-0.4, -0.2) is 11.7 Å². The van der Waals surface area contributed by atoms with Crippen LogP contribution in [0.15, 0.2) is 24.3 Å². The van der Waals surface area contributed by atoms with E-state index in [0.29, 0.717) is 0 Å². The van der Waals surface area contributed by atoms with Gasteiger partial charge in [0, 0.05) is 0 Å². The molecule has 0 heterocycles. The fourth-order valence-corrected chi connectivity index (χ4v) is 2.04. The molecule has 0 spiro atoms. The SMILES string of the molecule is C[C@@H](NC(=O)OC(C)(C)C)c1ccc(C2CC2)cc1. The maximum absolute atomic E-state index is 11.7. The van der Waals surface area contributed by atoms with Gasteiger partial charge >= 0.3 is 6.09 Å². The lowest BCUT2D eigenvalue weighted by Gasteiger charge is -2.22. The van der Waals surface area contributed by atoms with Crippen molar-refractivity contribution >= 4 is 6.09 Å². The Hall–Kier alpha value is -1.51. The molecule has 19 heavy (non-hydrogen) atoms. The Balaban J connectivity index is 1.91. The number of hydrogen-bond acceptors (Lipinski definition) is 2. The summed E-state index contributed by atoms with van der Waals surface area (Å²) in [5, 5.41) is 2.86. The van der Waals surface area contributed by atoms with Crippen molar-refractivity contribution in [2.75, 3.05) is 0 Å². The summed E-state index contributed by atoms with van der Waals surface area (Å²) < 4.78 is 5.25. The molecule has 1 amide bonds. The number of carbonyl (C=O) groups is 1. The van der Waals surface area contributed by atoms with E-state index in [2.05, 4.69) is 29.6 Å². The largest absolute Gasteiger partial charge is 0.444 e. The first-order chi connectivity index (χ1) is 8.85. The Kier molecular flexibility index (Phi) is 3.83. The van der Waals surface area contributed by atoms with Crippen molar-refractivity contribution in [3.8, 4) is 0 Å². The highest BCUT2D eigenvalue weighted by molar-refractivity contribution is 5.68. The van der Waals surface area contributed by atoms with E-state index in [1.54, 1.807) is 0 Å². The molecule has 1 aromatic carbocycles. The Morgan fingerprint density at radius 1 is 1.26 bits per heavy atom. The van der Waals surface area contributed by atoms with Gasteiger partial charge in [0.15, 0.2) is 0 Å². The monoisotopic (exact) mass is 261 g/mol. The quantitative estimate of drug-likeness (QED) is 0.887. The highest BCUT2D eigenvalue weighted by Gasteiger charge is 2.23. The van der Waals surface area contributed by atoms with Crippen molar-refractivity contribution < 1.29 is 9.53 Å². The van der Waals surface area contributed by atoms with Gasteiger partial charge in [-0.2, -0.15) is 0 Å². The molecule has 1 aromatic rings. The lowest BCUT2D eigenvalue weighted by molar-refractivity contribution is 0.0508. The van der Waals surface area contributed by atoms with E-state index < -0.39 is 5.60 Å². The number of benzene rings is 1. The molecule has 0 saturated heterocycles. The van der Waals surface area contributed by atoms with Crippen LogP contribution in [0.4, 0.5) is 4.79 Å². The van der Waals surface area contributed by atoms with Crippen LogP contribution in [0.1, 0.15) is 63.6 Å². The first-order valence-electron chi connectivity index (χ1n) is 6.94. The fourth-order valence-electron chi connectivity index (χ4n) is 2.04. The molecule has 1 aliphatic rings. The third-order valence-corrected chi connectivity index (χ3v) is 3.22. The Morgan fingerprint density at radius 3 is 2.32 bits per heavy atom. The van der Waals surface area contributed by atoms with E-state index >= 15 is 0 Å². The van der Waals surface area contributed by atoms with Gasteiger partial charge in [-0.15, -0.1) is 0 Å². The van der Waals surface area contributed by atoms with Gasteiger partial charge in [-0.05, 0) is 57.6 Å². The molecule has 3 nitrogen and oxygen atoms in total. The van der Waals surface area contributed by atoms with Crippen molar-refractivity contribution in [3.63, 3.8) is 0 Å². The van der Waals surface area contributed by atoms with Gasteiger partial charge < -0.3 is 10.1 Å². The summed E-state index contributed by atoms with van der Waals surface area (Å²) >= 11 is 0. The molecule has 0 unspecified atom stereocenters. The molecular formula is C16H23NO2. The number of alkyl carbamates (subject to hydrolysis) is 1. The molecule has 1 N–H and O–H groups in total. The normalized spacial score (nSPS) is 16.8. The molecule has 3 heteroatoms. The molecule has 1 saturated carbocycles. The summed E-state index contributed by atoms with van der Waals surface area (Å²) in [5.41, 5.74) is 2.06. The fraction of sp³-hybridized carbons (Fsp3) is 0.562. The molecule has 104 valence electrons. The van der Waals surface area contributed by atoms with Crippen LogP contribution in [0.2, 0.25) is 0 Å². The smallest absolute Gasteiger partial charge is 0.408 e. The number of rotatable bonds is 3. The highest BCUT2D eigenvalue weighted by atomic mass is 16.6. The van der Waals surface area contributed by atoms with E-state index in [-0.39, 0.29) is 12.1 Å². The minimum atomic E-state index is -0.459. The number of hydrogen-bond donors (Lipinski definition) is 1. The van der Waals surface area contributed by atoms with Gasteiger partial charge in [-0.1, -0.05) is 24.3 Å². The van der Waals surface area contributed by atoms with Gasteiger partial charge in [0.1, 0.15) is 5.60 Å². The first kappa shape index (κ1) is 13.9. The Bertz CT molecular complexity index is 441. The second kappa shape index (κ2) is 5.24. The predicted octanol–water partition coefficient (Wildman–Crippen LogP) is 4.15. The van der Waals surface area contributed by atoms with Gasteiger partial charge in [-0.25, -0.2) is 4.79 Å². The zero-order valence-corrected chi connectivity index (χ0v) is 12.2. The number of ether oxygens (including phenoxy) is 1. The number of nitrogens with one attached hydrogen (secondary N) is 1. The zero-order valence-electron chi connectivity index (χ0n) is 12.2. The second-order valence-electron chi connectivity index (χ2n) is 6.31. The molecule has 0 aliphatic heterocycles. The van der Waals surface area contributed by atoms with Crippen LogP contribution >= 0.6 is 0 Å². The summed E-state index contributed by atoms with van der Waals surface area (Å²) in [6.45, 7) is 7.56. The highest BCUT2D eigenvalue weighted by Crippen LogP contribution is 2.40. The topological polar surface area (TPSA) is 38.3 Å². The second-order valence-corrected chi connectivity index (χ2v) is 6.31. The molecular weight excluding hydrogens is 238 g/mol. The molecule has 1 aliphatic carbocycles. The van der Waals surface area contributed by atoms with Crippen molar-refractivity contribution in [1.29, 1.82) is 0 Å². The number of carbonyl (C=O) groups excluding carboxylic acids is 1. The molecule has 0 aromatic heterocycles. The average molecular weight is 261 g/mol. The zero-order chi connectivity index (χ0) is 14.0. The molecule has 2 rings (SSSR count). The minimum absolute atomic E-state index is 0.0388. The third kappa shape index (κ3) is 4.27. The Morgan fingerprint density at radius 2 is 1.84 bits per heavy atom. The van der Waals surface area contributed by atoms with Crippen LogP contribution in [0, 0.1) is 0 Å². The summed E-state index contributed by atoms with van der Waals surface area (Å²) in [6, 6.07) is 8.48. The number of amides is 1. The van der Waals surface area contributed by atoms with Gasteiger partial charge in [0.2, 0.25) is 0 Å². The van der Waals surface area contributed by atoms with E-state index in [1.165, 1.54) is 18.4 Å².